The first kappa shape index (κ1) is 18.7. The number of carbonyl (C=O) groups is 1. The van der Waals surface area contributed by atoms with E-state index in [1.165, 1.54) is 19.3 Å². The molecule has 8 heteroatoms. The number of amides is 1. The number of nitrogens with one attached hydrogen (secondary N) is 1. The predicted octanol–water partition coefficient (Wildman–Crippen LogP) is 3.25. The van der Waals surface area contributed by atoms with Gasteiger partial charge in [0.05, 0.1) is 18.4 Å². The number of hydrogen-bond acceptors (Lipinski definition) is 4. The van der Waals surface area contributed by atoms with Crippen molar-refractivity contribution in [3.8, 4) is 5.75 Å². The van der Waals surface area contributed by atoms with Gasteiger partial charge in [-0.25, -0.2) is 21.9 Å². The summed E-state index contributed by atoms with van der Waals surface area (Å²) in [5.74, 6) is -1.34. The SMILES string of the molecule is CS(=O)(=O)NC(=O)c1cc(F)cc(OCC23CC4CC(CC(C4)C2)C3)c1F. The lowest BCUT2D eigenvalue weighted by Crippen LogP contribution is -2.48. The average Bonchev–Trinajstić information content (AvgIpc) is 2.52. The van der Waals surface area contributed by atoms with Gasteiger partial charge in [0, 0.05) is 11.5 Å². The van der Waals surface area contributed by atoms with Crippen LogP contribution in [0.3, 0.4) is 0 Å². The minimum atomic E-state index is -3.89. The highest BCUT2D eigenvalue weighted by Crippen LogP contribution is 2.60. The molecular formula is C19H23F2NO4S. The normalized spacial score (nSPS) is 31.7. The van der Waals surface area contributed by atoms with Crippen LogP contribution in [0, 0.1) is 34.8 Å². The maximum atomic E-state index is 14.7. The van der Waals surface area contributed by atoms with Gasteiger partial charge in [-0.15, -0.1) is 0 Å². The lowest BCUT2D eigenvalue weighted by atomic mass is 9.50. The molecule has 0 unspecified atom stereocenters. The number of hydrogen-bond donors (Lipinski definition) is 1. The van der Waals surface area contributed by atoms with Crippen LogP contribution in [0.4, 0.5) is 8.78 Å². The topological polar surface area (TPSA) is 72.5 Å². The minimum absolute atomic E-state index is 0.00267. The van der Waals surface area contributed by atoms with Crippen LogP contribution in [0.15, 0.2) is 12.1 Å². The minimum Gasteiger partial charge on any atom is -0.490 e. The van der Waals surface area contributed by atoms with Crippen LogP contribution in [0.2, 0.25) is 0 Å². The summed E-state index contributed by atoms with van der Waals surface area (Å²) in [5, 5.41) is 0. The van der Waals surface area contributed by atoms with Crippen LogP contribution < -0.4 is 9.46 Å². The zero-order valence-corrected chi connectivity index (χ0v) is 16.0. The van der Waals surface area contributed by atoms with E-state index in [0.717, 1.165) is 31.6 Å². The van der Waals surface area contributed by atoms with Crippen molar-refractivity contribution >= 4 is 15.9 Å². The lowest BCUT2D eigenvalue weighted by molar-refractivity contribution is -0.0750. The predicted molar refractivity (Wildman–Crippen MR) is 94.8 cm³/mol. The first-order valence-electron chi connectivity index (χ1n) is 9.26. The summed E-state index contributed by atoms with van der Waals surface area (Å²) in [6.07, 6.45) is 7.73. The van der Waals surface area contributed by atoms with E-state index < -0.39 is 33.1 Å². The molecule has 4 saturated carbocycles. The summed E-state index contributed by atoms with van der Waals surface area (Å²) >= 11 is 0. The van der Waals surface area contributed by atoms with Gasteiger partial charge in [0.15, 0.2) is 11.6 Å². The highest BCUT2D eigenvalue weighted by Gasteiger charge is 2.51. The summed E-state index contributed by atoms with van der Waals surface area (Å²) < 4.78 is 58.3. The number of halogens is 2. The molecule has 0 heterocycles. The fourth-order valence-electron chi connectivity index (χ4n) is 5.76. The van der Waals surface area contributed by atoms with Gasteiger partial charge < -0.3 is 4.74 Å². The highest BCUT2D eigenvalue weighted by atomic mass is 32.2. The first-order valence-corrected chi connectivity index (χ1v) is 11.2. The Kier molecular flexibility index (Phi) is 4.44. The van der Waals surface area contributed by atoms with E-state index in [1.807, 2.05) is 0 Å². The van der Waals surface area contributed by atoms with Gasteiger partial charge >= 0.3 is 0 Å². The zero-order valence-electron chi connectivity index (χ0n) is 15.1. The first-order chi connectivity index (χ1) is 12.6. The fraction of sp³-hybridized carbons (Fsp3) is 0.632. The van der Waals surface area contributed by atoms with Crippen LogP contribution in [-0.2, 0) is 10.0 Å². The molecule has 1 aromatic carbocycles. The van der Waals surface area contributed by atoms with Crippen molar-refractivity contribution in [3.05, 3.63) is 29.3 Å². The maximum Gasteiger partial charge on any atom is 0.267 e. The van der Waals surface area contributed by atoms with E-state index in [1.54, 1.807) is 4.72 Å². The molecule has 4 aliphatic carbocycles. The van der Waals surface area contributed by atoms with Crippen molar-refractivity contribution in [2.45, 2.75) is 38.5 Å². The third-order valence-electron chi connectivity index (χ3n) is 6.23. The molecule has 4 bridgehead atoms. The van der Waals surface area contributed by atoms with E-state index >= 15 is 0 Å². The Bertz CT molecular complexity index is 849. The molecular weight excluding hydrogens is 376 g/mol. The van der Waals surface area contributed by atoms with Gasteiger partial charge in [0.25, 0.3) is 5.91 Å². The lowest BCUT2D eigenvalue weighted by Gasteiger charge is -2.56. The highest BCUT2D eigenvalue weighted by molar-refractivity contribution is 7.89. The molecule has 5 rings (SSSR count). The summed E-state index contributed by atoms with van der Waals surface area (Å²) in [6.45, 7) is 0.296. The average molecular weight is 399 g/mol. The van der Waals surface area contributed by atoms with Gasteiger partial charge in [0.2, 0.25) is 10.0 Å². The van der Waals surface area contributed by atoms with Crippen molar-refractivity contribution in [1.82, 2.24) is 4.72 Å². The Hall–Kier alpha value is -1.70. The molecule has 27 heavy (non-hydrogen) atoms. The molecule has 0 aliphatic heterocycles. The largest absolute Gasteiger partial charge is 0.490 e. The zero-order chi connectivity index (χ0) is 19.4. The molecule has 0 spiro atoms. The Morgan fingerprint density at radius 3 is 2.22 bits per heavy atom. The number of benzene rings is 1. The van der Waals surface area contributed by atoms with E-state index in [9.17, 15) is 22.0 Å². The van der Waals surface area contributed by atoms with E-state index in [-0.39, 0.29) is 11.2 Å². The van der Waals surface area contributed by atoms with Gasteiger partial charge in [-0.2, -0.15) is 0 Å². The number of sulfonamides is 1. The Balaban J connectivity index is 1.53. The molecule has 4 fully saturated rings. The fourth-order valence-corrected chi connectivity index (χ4v) is 6.20. The van der Waals surface area contributed by atoms with Crippen LogP contribution in [0.25, 0.3) is 0 Å². The second-order valence-corrected chi connectivity index (χ2v) is 10.4. The second-order valence-electron chi connectivity index (χ2n) is 8.68. The van der Waals surface area contributed by atoms with Crippen molar-refractivity contribution in [2.24, 2.45) is 23.2 Å². The monoisotopic (exact) mass is 399 g/mol. The Labute approximate surface area is 157 Å². The summed E-state index contributed by atoms with van der Waals surface area (Å²) in [4.78, 5) is 12.0. The molecule has 0 aromatic heterocycles. The molecule has 0 radical (unpaired) electrons. The van der Waals surface area contributed by atoms with Crippen LogP contribution in [-0.4, -0.2) is 27.2 Å². The van der Waals surface area contributed by atoms with E-state index in [2.05, 4.69) is 0 Å². The molecule has 1 amide bonds. The Morgan fingerprint density at radius 1 is 1.15 bits per heavy atom. The van der Waals surface area contributed by atoms with Crippen LogP contribution in [0.1, 0.15) is 48.9 Å². The smallest absolute Gasteiger partial charge is 0.267 e. The molecule has 148 valence electrons. The third-order valence-corrected chi connectivity index (χ3v) is 6.78. The molecule has 4 aliphatic rings. The van der Waals surface area contributed by atoms with Crippen molar-refractivity contribution in [3.63, 3.8) is 0 Å². The van der Waals surface area contributed by atoms with Gasteiger partial charge in [0.1, 0.15) is 5.82 Å². The van der Waals surface area contributed by atoms with E-state index in [0.29, 0.717) is 30.4 Å². The quantitative estimate of drug-likeness (QED) is 0.825. The molecule has 1 aromatic rings. The third kappa shape index (κ3) is 3.81. The van der Waals surface area contributed by atoms with Crippen molar-refractivity contribution < 1.29 is 26.7 Å². The van der Waals surface area contributed by atoms with Gasteiger partial charge in [-0.3, -0.25) is 4.79 Å². The van der Waals surface area contributed by atoms with Gasteiger partial charge in [-0.1, -0.05) is 0 Å². The maximum absolute atomic E-state index is 14.7. The molecule has 0 saturated heterocycles. The van der Waals surface area contributed by atoms with Crippen LogP contribution in [0.5, 0.6) is 5.75 Å². The summed E-state index contributed by atoms with van der Waals surface area (Å²) in [7, 11) is -3.89. The Morgan fingerprint density at radius 2 is 1.70 bits per heavy atom. The summed E-state index contributed by atoms with van der Waals surface area (Å²) in [6, 6.07) is 1.58. The van der Waals surface area contributed by atoms with Gasteiger partial charge in [-0.05, 0) is 62.3 Å². The molecule has 5 nitrogen and oxygen atoms in total. The van der Waals surface area contributed by atoms with Crippen LogP contribution >= 0.6 is 0 Å². The summed E-state index contributed by atoms with van der Waals surface area (Å²) in [5.41, 5.74) is -0.677. The second kappa shape index (κ2) is 6.43. The number of rotatable bonds is 5. The van der Waals surface area contributed by atoms with E-state index in [4.69, 9.17) is 4.74 Å². The molecule has 0 atom stereocenters. The number of ether oxygens (including phenoxy) is 1. The van der Waals surface area contributed by atoms with Crippen molar-refractivity contribution in [1.29, 1.82) is 0 Å². The molecule has 1 N–H and O–H groups in total. The van der Waals surface area contributed by atoms with Crippen molar-refractivity contribution in [2.75, 3.05) is 12.9 Å². The standard InChI is InChI=1S/C19H23F2NO4S/c1-27(24,25)22-18(23)15-5-14(20)6-16(17(15)21)26-10-19-7-11-2-12(8-19)4-13(3-11)9-19/h5-6,11-13H,2-4,7-10H2,1H3,(H,22,23). The number of carbonyl (C=O) groups excluding carboxylic acids is 1.